The summed E-state index contributed by atoms with van der Waals surface area (Å²) in [4.78, 5) is 27.6. The summed E-state index contributed by atoms with van der Waals surface area (Å²) >= 11 is 0. The number of aromatic nitrogens is 1. The summed E-state index contributed by atoms with van der Waals surface area (Å²) < 4.78 is 0. The van der Waals surface area contributed by atoms with E-state index in [9.17, 15) is 9.59 Å². The number of halogens is 2. The van der Waals surface area contributed by atoms with Gasteiger partial charge in [-0.1, -0.05) is 36.4 Å². The van der Waals surface area contributed by atoms with Crippen molar-refractivity contribution < 1.29 is 9.59 Å². The molecule has 0 radical (unpaired) electrons. The minimum absolute atomic E-state index is 0. The molecule has 2 aromatic rings. The first kappa shape index (κ1) is 23.9. The molecule has 1 unspecified atom stereocenters. The Morgan fingerprint density at radius 3 is 2.38 bits per heavy atom. The molecule has 0 aliphatic carbocycles. The molecule has 26 heavy (non-hydrogen) atoms. The Kier molecular flexibility index (Phi) is 12.0. The molecule has 0 saturated carbocycles. The van der Waals surface area contributed by atoms with Gasteiger partial charge in [0.25, 0.3) is 0 Å². The second kappa shape index (κ2) is 13.1. The van der Waals surface area contributed by atoms with Gasteiger partial charge in [-0.25, -0.2) is 0 Å². The Morgan fingerprint density at radius 1 is 1.00 bits per heavy atom. The summed E-state index contributed by atoms with van der Waals surface area (Å²) in [6.07, 6.45) is 3.81. The maximum Gasteiger partial charge on any atom is 0.222 e. The molecule has 1 aromatic heterocycles. The van der Waals surface area contributed by atoms with Crippen molar-refractivity contribution in [1.82, 2.24) is 15.6 Å². The predicted octanol–water partition coefficient (Wildman–Crippen LogP) is 2.14. The van der Waals surface area contributed by atoms with Crippen LogP contribution in [0.2, 0.25) is 0 Å². The van der Waals surface area contributed by atoms with Crippen LogP contribution in [0.5, 0.6) is 0 Å². The zero-order valence-corrected chi connectivity index (χ0v) is 15.9. The lowest BCUT2D eigenvalue weighted by molar-refractivity contribution is -0.122. The van der Waals surface area contributed by atoms with Gasteiger partial charge in [-0.05, 0) is 17.2 Å². The number of benzene rings is 1. The smallest absolute Gasteiger partial charge is 0.222 e. The summed E-state index contributed by atoms with van der Waals surface area (Å²) in [5.41, 5.74) is 7.85. The van der Waals surface area contributed by atoms with E-state index >= 15 is 0 Å². The summed E-state index contributed by atoms with van der Waals surface area (Å²) in [6.45, 7) is 0.721. The van der Waals surface area contributed by atoms with Crippen molar-refractivity contribution in [3.8, 4) is 0 Å². The van der Waals surface area contributed by atoms with E-state index in [2.05, 4.69) is 15.6 Å². The summed E-state index contributed by atoms with van der Waals surface area (Å²) in [7, 11) is 0. The molecule has 1 aromatic carbocycles. The average molecular weight is 399 g/mol. The quantitative estimate of drug-likeness (QED) is 0.634. The molecule has 4 N–H and O–H groups in total. The SMILES string of the molecule is Cl.Cl.NC(CC(=O)NCCC(=O)NCc1cccnc1)c1ccccc1. The Labute approximate surface area is 165 Å². The summed E-state index contributed by atoms with van der Waals surface area (Å²) in [6, 6.07) is 12.8. The third kappa shape index (κ3) is 8.80. The number of nitrogens with one attached hydrogen (secondary N) is 2. The average Bonchev–Trinajstić information content (AvgIpc) is 2.61. The number of nitrogens with zero attached hydrogens (tertiary/aromatic N) is 1. The van der Waals surface area contributed by atoms with E-state index < -0.39 is 0 Å². The van der Waals surface area contributed by atoms with Crippen molar-refractivity contribution in [3.63, 3.8) is 0 Å². The van der Waals surface area contributed by atoms with E-state index in [-0.39, 0.29) is 55.5 Å². The molecule has 0 bridgehead atoms. The molecule has 2 amide bonds. The van der Waals surface area contributed by atoms with E-state index in [0.29, 0.717) is 13.1 Å². The van der Waals surface area contributed by atoms with Gasteiger partial charge < -0.3 is 16.4 Å². The van der Waals surface area contributed by atoms with Gasteiger partial charge in [0.15, 0.2) is 0 Å². The van der Waals surface area contributed by atoms with Crippen LogP contribution in [0.25, 0.3) is 0 Å². The fourth-order valence-electron chi connectivity index (χ4n) is 2.20. The topological polar surface area (TPSA) is 97.1 Å². The van der Waals surface area contributed by atoms with E-state index in [1.165, 1.54) is 0 Å². The Balaban J connectivity index is 0.00000312. The van der Waals surface area contributed by atoms with Crippen LogP contribution in [-0.2, 0) is 16.1 Å². The molecule has 0 aliphatic heterocycles. The standard InChI is InChI=1S/C18H22N4O2.2ClH/c19-16(15-6-2-1-3-7-15)11-18(24)21-10-8-17(23)22-13-14-5-4-9-20-12-14;;/h1-7,9,12,16H,8,10-11,13,19H2,(H,21,24)(H,22,23);2*1H. The highest BCUT2D eigenvalue weighted by atomic mass is 35.5. The van der Waals surface area contributed by atoms with Crippen LogP contribution >= 0.6 is 24.8 Å². The number of rotatable bonds is 8. The molecular formula is C18H24Cl2N4O2. The third-order valence-electron chi connectivity index (χ3n) is 3.52. The molecule has 2 rings (SSSR count). The Bertz CT molecular complexity index is 657. The van der Waals surface area contributed by atoms with Gasteiger partial charge in [0.2, 0.25) is 11.8 Å². The van der Waals surface area contributed by atoms with Gasteiger partial charge >= 0.3 is 0 Å². The lowest BCUT2D eigenvalue weighted by atomic mass is 10.0. The van der Waals surface area contributed by atoms with Crippen LogP contribution in [0, 0.1) is 0 Å². The van der Waals surface area contributed by atoms with Gasteiger partial charge in [-0.3, -0.25) is 14.6 Å². The van der Waals surface area contributed by atoms with Gasteiger partial charge in [0.1, 0.15) is 0 Å². The monoisotopic (exact) mass is 398 g/mol. The van der Waals surface area contributed by atoms with Crippen LogP contribution in [0.4, 0.5) is 0 Å². The van der Waals surface area contributed by atoms with Crippen molar-refractivity contribution in [1.29, 1.82) is 0 Å². The molecule has 6 nitrogen and oxygen atoms in total. The number of amides is 2. The van der Waals surface area contributed by atoms with Gasteiger partial charge in [-0.15, -0.1) is 24.8 Å². The first-order chi connectivity index (χ1) is 11.6. The minimum atomic E-state index is -0.342. The number of carbonyl (C=O) groups excluding carboxylic acids is 2. The molecule has 0 fully saturated rings. The highest BCUT2D eigenvalue weighted by molar-refractivity contribution is 5.85. The second-order valence-electron chi connectivity index (χ2n) is 5.46. The van der Waals surface area contributed by atoms with Crippen LogP contribution < -0.4 is 16.4 Å². The van der Waals surface area contributed by atoms with Gasteiger partial charge in [0, 0.05) is 44.4 Å². The number of carbonyl (C=O) groups is 2. The Hall–Kier alpha value is -2.15. The lowest BCUT2D eigenvalue weighted by Crippen LogP contribution is -2.32. The van der Waals surface area contributed by atoms with Crippen LogP contribution in [-0.4, -0.2) is 23.3 Å². The van der Waals surface area contributed by atoms with Gasteiger partial charge in [-0.2, -0.15) is 0 Å². The number of hydrogen-bond donors (Lipinski definition) is 3. The number of pyridine rings is 1. The third-order valence-corrected chi connectivity index (χ3v) is 3.52. The zero-order chi connectivity index (χ0) is 17.2. The first-order valence-electron chi connectivity index (χ1n) is 7.88. The summed E-state index contributed by atoms with van der Waals surface area (Å²) in [5, 5.41) is 5.50. The molecular weight excluding hydrogens is 375 g/mol. The minimum Gasteiger partial charge on any atom is -0.356 e. The fourth-order valence-corrected chi connectivity index (χ4v) is 2.20. The van der Waals surface area contributed by atoms with Crippen molar-refractivity contribution in [2.75, 3.05) is 6.54 Å². The van der Waals surface area contributed by atoms with E-state index in [0.717, 1.165) is 11.1 Å². The fraction of sp³-hybridized carbons (Fsp3) is 0.278. The highest BCUT2D eigenvalue weighted by Crippen LogP contribution is 2.12. The normalized spacial score (nSPS) is 10.7. The molecule has 1 atom stereocenters. The molecule has 142 valence electrons. The molecule has 0 spiro atoms. The first-order valence-corrected chi connectivity index (χ1v) is 7.88. The van der Waals surface area contributed by atoms with E-state index in [1.54, 1.807) is 12.4 Å². The van der Waals surface area contributed by atoms with Crippen molar-refractivity contribution in [2.24, 2.45) is 5.73 Å². The van der Waals surface area contributed by atoms with Crippen molar-refractivity contribution in [2.45, 2.75) is 25.4 Å². The van der Waals surface area contributed by atoms with Gasteiger partial charge in [0.05, 0.1) is 0 Å². The number of nitrogens with two attached hydrogens (primary N) is 1. The largest absolute Gasteiger partial charge is 0.356 e. The molecule has 0 saturated heterocycles. The van der Waals surface area contributed by atoms with E-state index in [4.69, 9.17) is 5.73 Å². The maximum absolute atomic E-state index is 11.9. The Morgan fingerprint density at radius 2 is 1.73 bits per heavy atom. The lowest BCUT2D eigenvalue weighted by Gasteiger charge is -2.12. The second-order valence-corrected chi connectivity index (χ2v) is 5.46. The maximum atomic E-state index is 11.9. The van der Waals surface area contributed by atoms with E-state index in [1.807, 2.05) is 42.5 Å². The molecule has 8 heteroatoms. The van der Waals surface area contributed by atoms with Crippen molar-refractivity contribution in [3.05, 3.63) is 66.0 Å². The summed E-state index contributed by atoms with van der Waals surface area (Å²) in [5.74, 6) is -0.280. The predicted molar refractivity (Wildman–Crippen MR) is 106 cm³/mol. The van der Waals surface area contributed by atoms with Crippen molar-refractivity contribution >= 4 is 36.6 Å². The molecule has 0 aliphatic rings. The number of hydrogen-bond acceptors (Lipinski definition) is 4. The van der Waals surface area contributed by atoms with Crippen LogP contribution in [0.15, 0.2) is 54.9 Å². The van der Waals surface area contributed by atoms with Crippen LogP contribution in [0.3, 0.4) is 0 Å². The van der Waals surface area contributed by atoms with Crippen LogP contribution in [0.1, 0.15) is 30.0 Å². The zero-order valence-electron chi connectivity index (χ0n) is 14.3. The molecule has 1 heterocycles. The highest BCUT2D eigenvalue weighted by Gasteiger charge is 2.11.